The van der Waals surface area contributed by atoms with Crippen molar-refractivity contribution in [1.82, 2.24) is 10.6 Å². The van der Waals surface area contributed by atoms with Crippen molar-refractivity contribution >= 4 is 5.91 Å². The van der Waals surface area contributed by atoms with Gasteiger partial charge in [0.15, 0.2) is 0 Å². The number of ether oxygens (including phenoxy) is 1. The topological polar surface area (TPSA) is 50.4 Å². The Labute approximate surface area is 108 Å². The number of fused-ring (bicyclic) bond motifs is 1. The van der Waals surface area contributed by atoms with Gasteiger partial charge >= 0.3 is 0 Å². The van der Waals surface area contributed by atoms with E-state index in [2.05, 4.69) is 24.5 Å². The highest BCUT2D eigenvalue weighted by molar-refractivity contribution is 5.78. The summed E-state index contributed by atoms with van der Waals surface area (Å²) in [6.45, 7) is 5.80. The predicted octanol–water partition coefficient (Wildman–Crippen LogP) is 1.48. The highest BCUT2D eigenvalue weighted by Gasteiger charge is 2.23. The van der Waals surface area contributed by atoms with Crippen molar-refractivity contribution in [3.05, 3.63) is 29.8 Å². The molecule has 1 heterocycles. The molecule has 1 aromatic rings. The van der Waals surface area contributed by atoms with E-state index >= 15 is 0 Å². The third kappa shape index (κ3) is 3.23. The fourth-order valence-electron chi connectivity index (χ4n) is 1.93. The molecule has 0 aliphatic carbocycles. The van der Waals surface area contributed by atoms with Crippen LogP contribution in [0.4, 0.5) is 0 Å². The average molecular weight is 248 g/mol. The van der Waals surface area contributed by atoms with E-state index in [1.165, 1.54) is 0 Å². The van der Waals surface area contributed by atoms with Gasteiger partial charge in [-0.15, -0.1) is 0 Å². The number of nitrogens with one attached hydrogen (secondary N) is 2. The van der Waals surface area contributed by atoms with Crippen LogP contribution in [-0.4, -0.2) is 25.6 Å². The molecule has 1 aromatic carbocycles. The number of amides is 1. The monoisotopic (exact) mass is 248 g/mol. The van der Waals surface area contributed by atoms with Gasteiger partial charge < -0.3 is 10.1 Å². The predicted molar refractivity (Wildman–Crippen MR) is 70.5 cm³/mol. The van der Waals surface area contributed by atoms with Crippen molar-refractivity contribution in [2.75, 3.05) is 19.7 Å². The Hall–Kier alpha value is -1.55. The van der Waals surface area contributed by atoms with Gasteiger partial charge in [0.1, 0.15) is 12.4 Å². The van der Waals surface area contributed by atoms with Gasteiger partial charge in [0.25, 0.3) is 0 Å². The molecule has 0 aromatic heterocycles. The molecule has 0 saturated carbocycles. The summed E-state index contributed by atoms with van der Waals surface area (Å²) < 4.78 is 5.55. The Bertz CT molecular complexity index is 418. The fourth-order valence-corrected chi connectivity index (χ4v) is 1.93. The first-order valence-corrected chi connectivity index (χ1v) is 6.38. The van der Waals surface area contributed by atoms with Gasteiger partial charge in [0.05, 0.1) is 12.6 Å². The molecule has 2 rings (SSSR count). The maximum absolute atomic E-state index is 11.6. The number of hydrogen-bond acceptors (Lipinski definition) is 3. The average Bonchev–Trinajstić information content (AvgIpc) is 2.77. The minimum absolute atomic E-state index is 0.0353. The van der Waals surface area contributed by atoms with Gasteiger partial charge in [-0.3, -0.25) is 10.1 Å². The smallest absolute Gasteiger partial charge is 0.233 e. The summed E-state index contributed by atoms with van der Waals surface area (Å²) in [7, 11) is 0. The van der Waals surface area contributed by atoms with Crippen molar-refractivity contribution in [3.8, 4) is 5.75 Å². The standard InChI is InChI=1S/C14H20N2O2/c1-10(2)7-16-14(17)8-15-12-9-18-13-6-4-3-5-11(12)13/h3-6,10,12,15H,7-9H2,1-2H3,(H,16,17). The van der Waals surface area contributed by atoms with Crippen molar-refractivity contribution in [2.45, 2.75) is 19.9 Å². The second-order valence-corrected chi connectivity index (χ2v) is 4.98. The first-order valence-electron chi connectivity index (χ1n) is 6.38. The zero-order chi connectivity index (χ0) is 13.0. The van der Waals surface area contributed by atoms with Crippen LogP contribution in [0.5, 0.6) is 5.75 Å². The number of para-hydroxylation sites is 1. The van der Waals surface area contributed by atoms with Gasteiger partial charge in [-0.2, -0.15) is 0 Å². The van der Waals surface area contributed by atoms with Crippen LogP contribution in [0.3, 0.4) is 0 Å². The highest BCUT2D eigenvalue weighted by atomic mass is 16.5. The molecule has 4 heteroatoms. The number of hydrogen-bond donors (Lipinski definition) is 2. The van der Waals surface area contributed by atoms with Crippen molar-refractivity contribution < 1.29 is 9.53 Å². The molecular formula is C14H20N2O2. The quantitative estimate of drug-likeness (QED) is 0.830. The van der Waals surface area contributed by atoms with Crippen LogP contribution < -0.4 is 15.4 Å². The van der Waals surface area contributed by atoms with E-state index in [1.54, 1.807) is 0 Å². The van der Waals surface area contributed by atoms with Crippen molar-refractivity contribution in [3.63, 3.8) is 0 Å². The van der Waals surface area contributed by atoms with E-state index in [4.69, 9.17) is 4.74 Å². The zero-order valence-corrected chi connectivity index (χ0v) is 10.9. The fraction of sp³-hybridized carbons (Fsp3) is 0.500. The number of rotatable bonds is 5. The second kappa shape index (κ2) is 5.87. The van der Waals surface area contributed by atoms with Crippen LogP contribution in [0.25, 0.3) is 0 Å². The normalized spacial score (nSPS) is 17.4. The van der Waals surface area contributed by atoms with Crippen molar-refractivity contribution in [2.24, 2.45) is 5.92 Å². The maximum Gasteiger partial charge on any atom is 0.233 e. The van der Waals surface area contributed by atoms with E-state index in [-0.39, 0.29) is 11.9 Å². The Morgan fingerprint density at radius 3 is 3.00 bits per heavy atom. The van der Waals surface area contributed by atoms with Gasteiger partial charge in [-0.1, -0.05) is 32.0 Å². The molecule has 0 saturated heterocycles. The summed E-state index contributed by atoms with van der Waals surface area (Å²) in [6.07, 6.45) is 0. The lowest BCUT2D eigenvalue weighted by molar-refractivity contribution is -0.120. The van der Waals surface area contributed by atoms with Crippen LogP contribution in [0.15, 0.2) is 24.3 Å². The lowest BCUT2D eigenvalue weighted by atomic mass is 10.1. The molecule has 1 unspecified atom stereocenters. The molecule has 0 fully saturated rings. The van der Waals surface area contributed by atoms with Crippen LogP contribution >= 0.6 is 0 Å². The van der Waals surface area contributed by atoms with Gasteiger partial charge in [-0.25, -0.2) is 0 Å². The summed E-state index contributed by atoms with van der Waals surface area (Å²) in [6, 6.07) is 8.05. The third-order valence-corrected chi connectivity index (χ3v) is 2.92. The van der Waals surface area contributed by atoms with Gasteiger partial charge in [-0.05, 0) is 12.0 Å². The largest absolute Gasteiger partial charge is 0.491 e. The first kappa shape index (κ1) is 12.9. The molecule has 4 nitrogen and oxygen atoms in total. The van der Waals surface area contributed by atoms with Crippen molar-refractivity contribution in [1.29, 1.82) is 0 Å². The first-order chi connectivity index (χ1) is 8.66. The Kier molecular flexibility index (Phi) is 4.20. The molecule has 98 valence electrons. The maximum atomic E-state index is 11.6. The summed E-state index contributed by atoms with van der Waals surface area (Å²) in [5.41, 5.74) is 1.13. The minimum atomic E-state index is 0.0353. The van der Waals surface area contributed by atoms with E-state index in [0.29, 0.717) is 19.1 Å². The summed E-state index contributed by atoms with van der Waals surface area (Å²) in [5.74, 6) is 1.43. The van der Waals surface area contributed by atoms with Gasteiger partial charge in [0.2, 0.25) is 5.91 Å². The number of benzene rings is 1. The summed E-state index contributed by atoms with van der Waals surface area (Å²) in [4.78, 5) is 11.6. The van der Waals surface area contributed by atoms with Crippen LogP contribution in [-0.2, 0) is 4.79 Å². The molecule has 18 heavy (non-hydrogen) atoms. The molecule has 1 aliphatic rings. The third-order valence-electron chi connectivity index (χ3n) is 2.92. The molecular weight excluding hydrogens is 228 g/mol. The Balaban J connectivity index is 1.80. The highest BCUT2D eigenvalue weighted by Crippen LogP contribution is 2.31. The SMILES string of the molecule is CC(C)CNC(=O)CNC1COc2ccccc21. The van der Waals surface area contributed by atoms with Gasteiger partial charge in [0, 0.05) is 12.1 Å². The second-order valence-electron chi connectivity index (χ2n) is 4.98. The molecule has 1 aliphatic heterocycles. The number of carbonyl (C=O) groups excluding carboxylic acids is 1. The van der Waals surface area contributed by atoms with E-state index in [0.717, 1.165) is 17.9 Å². The van der Waals surface area contributed by atoms with E-state index in [1.807, 2.05) is 24.3 Å². The molecule has 0 bridgehead atoms. The minimum Gasteiger partial charge on any atom is -0.491 e. The van der Waals surface area contributed by atoms with Crippen LogP contribution in [0, 0.1) is 5.92 Å². The number of carbonyl (C=O) groups is 1. The molecule has 1 amide bonds. The van der Waals surface area contributed by atoms with Crippen LogP contribution in [0.2, 0.25) is 0 Å². The molecule has 1 atom stereocenters. The lowest BCUT2D eigenvalue weighted by Gasteiger charge is -2.12. The zero-order valence-electron chi connectivity index (χ0n) is 10.9. The lowest BCUT2D eigenvalue weighted by Crippen LogP contribution is -2.37. The molecule has 0 radical (unpaired) electrons. The Morgan fingerprint density at radius 1 is 1.44 bits per heavy atom. The van der Waals surface area contributed by atoms with E-state index < -0.39 is 0 Å². The molecule has 2 N–H and O–H groups in total. The molecule has 0 spiro atoms. The van der Waals surface area contributed by atoms with E-state index in [9.17, 15) is 4.79 Å². The summed E-state index contributed by atoms with van der Waals surface area (Å²) >= 11 is 0. The Morgan fingerprint density at radius 2 is 2.22 bits per heavy atom. The summed E-state index contributed by atoms with van der Waals surface area (Å²) in [5, 5.41) is 6.11. The van der Waals surface area contributed by atoms with Crippen LogP contribution in [0.1, 0.15) is 25.5 Å².